The molecular weight excluding hydrogens is 164 g/mol. The fourth-order valence-corrected chi connectivity index (χ4v) is 0.547. The molecule has 0 aromatic carbocycles. The largest absolute Gasteiger partial charge is 0.480 e. The van der Waals surface area contributed by atoms with E-state index in [0.717, 1.165) is 0 Å². The second-order valence-corrected chi connectivity index (χ2v) is 2.24. The second kappa shape index (κ2) is 5.58. The van der Waals surface area contributed by atoms with E-state index in [-0.39, 0.29) is 13.0 Å². The molecule has 7 heteroatoms. The summed E-state index contributed by atoms with van der Waals surface area (Å²) >= 11 is 0. The highest BCUT2D eigenvalue weighted by atomic mass is 16.4. The van der Waals surface area contributed by atoms with Gasteiger partial charge in [0.25, 0.3) is 0 Å². The van der Waals surface area contributed by atoms with Gasteiger partial charge in [-0.1, -0.05) is 0 Å². The summed E-state index contributed by atoms with van der Waals surface area (Å²) in [5.41, 5.74) is 10.2. The highest BCUT2D eigenvalue weighted by Gasteiger charge is 2.10. The van der Waals surface area contributed by atoms with Crippen LogP contribution in [0.5, 0.6) is 0 Å². The number of carboxylic acids is 1. The number of rotatable bonds is 6. The third kappa shape index (κ3) is 4.72. The molecule has 0 aliphatic heterocycles. The van der Waals surface area contributed by atoms with Gasteiger partial charge in [0.2, 0.25) is 0 Å². The van der Waals surface area contributed by atoms with Gasteiger partial charge in [-0.15, -0.1) is 4.91 Å². The molecule has 0 radical (unpaired) electrons. The molecule has 0 heterocycles. The molecule has 0 saturated heterocycles. The summed E-state index contributed by atoms with van der Waals surface area (Å²) in [6.45, 7) is 0.250. The second-order valence-electron chi connectivity index (χ2n) is 2.24. The lowest BCUT2D eigenvalue weighted by Crippen LogP contribution is -2.39. The summed E-state index contributed by atoms with van der Waals surface area (Å²) in [5, 5.41) is 13.3. The molecular formula is C5H12N4O3. The summed E-state index contributed by atoms with van der Waals surface area (Å²) in [6.07, 6.45) is -0.788. The Kier molecular flexibility index (Phi) is 5.09. The van der Waals surface area contributed by atoms with Gasteiger partial charge in [-0.25, -0.2) is 0 Å². The molecule has 0 aliphatic carbocycles. The zero-order chi connectivity index (χ0) is 9.56. The minimum atomic E-state index is -1.08. The van der Waals surface area contributed by atoms with Crippen molar-refractivity contribution < 1.29 is 9.90 Å². The first kappa shape index (κ1) is 11.0. The number of hydrogen-bond donors (Lipinski definition) is 4. The van der Waals surface area contributed by atoms with Crippen LogP contribution in [-0.2, 0) is 4.79 Å². The maximum atomic E-state index is 10.2. The van der Waals surface area contributed by atoms with Gasteiger partial charge in [0.05, 0.1) is 0 Å². The van der Waals surface area contributed by atoms with E-state index in [1.165, 1.54) is 0 Å². The Balaban J connectivity index is 3.43. The summed E-state index contributed by atoms with van der Waals surface area (Å²) in [7, 11) is 0. The number of aliphatic carboxylic acids is 1. The Morgan fingerprint density at radius 3 is 2.58 bits per heavy atom. The van der Waals surface area contributed by atoms with Crippen molar-refractivity contribution in [2.24, 2.45) is 16.6 Å². The van der Waals surface area contributed by atoms with Crippen molar-refractivity contribution >= 4 is 5.97 Å². The molecule has 0 fully saturated rings. The van der Waals surface area contributed by atoms with Gasteiger partial charge in [0.15, 0.2) is 6.29 Å². The van der Waals surface area contributed by atoms with Crippen molar-refractivity contribution in [2.75, 3.05) is 6.54 Å². The summed E-state index contributed by atoms with van der Waals surface area (Å²) in [5.74, 6) is -1.08. The van der Waals surface area contributed by atoms with Crippen LogP contribution < -0.4 is 16.8 Å². The molecule has 2 unspecified atom stereocenters. The van der Waals surface area contributed by atoms with Gasteiger partial charge in [-0.05, 0) is 11.6 Å². The monoisotopic (exact) mass is 176 g/mol. The van der Waals surface area contributed by atoms with Crippen molar-refractivity contribution in [3.63, 3.8) is 0 Å². The van der Waals surface area contributed by atoms with Gasteiger partial charge >= 0.3 is 5.97 Å². The van der Waals surface area contributed by atoms with Crippen LogP contribution in [0.15, 0.2) is 5.18 Å². The SMILES string of the molecule is NC(N=O)NCCC(N)C(=O)O. The van der Waals surface area contributed by atoms with Crippen LogP contribution >= 0.6 is 0 Å². The predicted octanol–water partition coefficient (Wildman–Crippen LogP) is -1.61. The summed E-state index contributed by atoms with van der Waals surface area (Å²) < 4.78 is 0. The molecule has 0 saturated carbocycles. The fraction of sp³-hybridized carbons (Fsp3) is 0.800. The van der Waals surface area contributed by atoms with Crippen LogP contribution in [0.1, 0.15) is 6.42 Å². The summed E-state index contributed by atoms with van der Waals surface area (Å²) in [6, 6.07) is -0.934. The minimum Gasteiger partial charge on any atom is -0.480 e. The zero-order valence-corrected chi connectivity index (χ0v) is 6.43. The molecule has 0 aromatic heterocycles. The Labute approximate surface area is 69.1 Å². The van der Waals surface area contributed by atoms with Crippen molar-refractivity contribution in [2.45, 2.75) is 18.8 Å². The Hall–Kier alpha value is -1.05. The first-order valence-electron chi connectivity index (χ1n) is 3.37. The standard InChI is InChI=1S/C5H12N4O3/c6-3(4(10)11)1-2-8-5(7)9-12/h3,5,8H,1-2,6-7H2,(H,10,11). The highest BCUT2D eigenvalue weighted by molar-refractivity contribution is 5.72. The van der Waals surface area contributed by atoms with E-state index in [4.69, 9.17) is 16.6 Å². The normalized spacial score (nSPS) is 15.2. The number of nitrogens with two attached hydrogens (primary N) is 2. The van der Waals surface area contributed by atoms with Crippen molar-refractivity contribution in [1.82, 2.24) is 5.32 Å². The van der Waals surface area contributed by atoms with Gasteiger partial charge in [0.1, 0.15) is 6.04 Å². The maximum absolute atomic E-state index is 10.2. The van der Waals surface area contributed by atoms with Crippen LogP contribution in [0.3, 0.4) is 0 Å². The number of carboxylic acid groups (broad SMARTS) is 1. The van der Waals surface area contributed by atoms with Crippen molar-refractivity contribution in [3.8, 4) is 0 Å². The average molecular weight is 176 g/mol. The van der Waals surface area contributed by atoms with E-state index >= 15 is 0 Å². The van der Waals surface area contributed by atoms with Gasteiger partial charge < -0.3 is 10.8 Å². The van der Waals surface area contributed by atoms with Crippen LogP contribution in [0, 0.1) is 4.91 Å². The van der Waals surface area contributed by atoms with Crippen LogP contribution in [0.2, 0.25) is 0 Å². The molecule has 6 N–H and O–H groups in total. The van der Waals surface area contributed by atoms with Gasteiger partial charge in [-0.3, -0.25) is 15.8 Å². The summed E-state index contributed by atoms with van der Waals surface area (Å²) in [4.78, 5) is 19.9. The van der Waals surface area contributed by atoms with E-state index in [9.17, 15) is 9.70 Å². The van der Waals surface area contributed by atoms with Gasteiger partial charge in [0, 0.05) is 6.54 Å². The molecule has 0 aromatic rings. The van der Waals surface area contributed by atoms with Crippen LogP contribution in [0.25, 0.3) is 0 Å². The number of nitrogens with one attached hydrogen (secondary N) is 1. The quantitative estimate of drug-likeness (QED) is 0.284. The first-order chi connectivity index (χ1) is 5.57. The van der Waals surface area contributed by atoms with Crippen molar-refractivity contribution in [3.05, 3.63) is 4.91 Å². The van der Waals surface area contributed by atoms with Crippen LogP contribution in [-0.4, -0.2) is 30.0 Å². The lowest BCUT2D eigenvalue weighted by Gasteiger charge is -2.08. The number of nitroso groups, excluding NO2 is 1. The Morgan fingerprint density at radius 2 is 2.17 bits per heavy atom. The van der Waals surface area contributed by atoms with Crippen molar-refractivity contribution in [1.29, 1.82) is 0 Å². The highest BCUT2D eigenvalue weighted by Crippen LogP contribution is 1.86. The molecule has 0 bridgehead atoms. The fourth-order valence-electron chi connectivity index (χ4n) is 0.547. The Morgan fingerprint density at radius 1 is 1.58 bits per heavy atom. The zero-order valence-electron chi connectivity index (χ0n) is 6.43. The molecule has 12 heavy (non-hydrogen) atoms. The molecule has 0 rings (SSSR count). The maximum Gasteiger partial charge on any atom is 0.320 e. The smallest absolute Gasteiger partial charge is 0.320 e. The van der Waals surface area contributed by atoms with E-state index in [2.05, 4.69) is 10.5 Å². The lowest BCUT2D eigenvalue weighted by molar-refractivity contribution is -0.138. The molecule has 0 aliphatic rings. The molecule has 0 spiro atoms. The molecule has 0 amide bonds. The lowest BCUT2D eigenvalue weighted by atomic mass is 10.2. The van der Waals surface area contributed by atoms with E-state index < -0.39 is 18.3 Å². The topological polar surface area (TPSA) is 131 Å². The minimum absolute atomic E-state index is 0.207. The predicted molar refractivity (Wildman–Crippen MR) is 42.0 cm³/mol. The van der Waals surface area contributed by atoms with Gasteiger partial charge in [-0.2, -0.15) is 0 Å². The third-order valence-corrected chi connectivity index (χ3v) is 1.24. The third-order valence-electron chi connectivity index (χ3n) is 1.24. The van der Waals surface area contributed by atoms with Crippen LogP contribution in [0.4, 0.5) is 0 Å². The Bertz CT molecular complexity index is 163. The number of hydrogen-bond acceptors (Lipinski definition) is 6. The van der Waals surface area contributed by atoms with E-state index in [0.29, 0.717) is 0 Å². The van der Waals surface area contributed by atoms with E-state index in [1.807, 2.05) is 0 Å². The number of carbonyl (C=O) groups is 1. The molecule has 2 atom stereocenters. The number of nitrogens with zero attached hydrogens (tertiary/aromatic N) is 1. The average Bonchev–Trinajstić information content (AvgIpc) is 2.03. The first-order valence-corrected chi connectivity index (χ1v) is 3.37. The molecule has 7 nitrogen and oxygen atoms in total. The molecule has 70 valence electrons. The van der Waals surface area contributed by atoms with E-state index in [1.54, 1.807) is 0 Å².